The molecule has 2 aromatic carbocycles. The predicted molar refractivity (Wildman–Crippen MR) is 117 cm³/mol. The average Bonchev–Trinajstić information content (AvgIpc) is 2.74. The Morgan fingerprint density at radius 1 is 1.06 bits per heavy atom. The molecule has 1 aromatic heterocycles. The summed E-state index contributed by atoms with van der Waals surface area (Å²) in [6.45, 7) is 7.63. The van der Waals surface area contributed by atoms with E-state index >= 15 is 0 Å². The second-order valence-electron chi connectivity index (χ2n) is 7.89. The van der Waals surface area contributed by atoms with Crippen molar-refractivity contribution >= 4 is 11.0 Å². The lowest BCUT2D eigenvalue weighted by molar-refractivity contribution is 0.00466. The molecule has 1 atom stereocenters. The normalized spacial score (nSPS) is 15.7. The van der Waals surface area contributed by atoms with E-state index in [0.717, 1.165) is 24.2 Å². The van der Waals surface area contributed by atoms with Crippen molar-refractivity contribution in [2.75, 3.05) is 39.5 Å². The van der Waals surface area contributed by atoms with Gasteiger partial charge in [0.15, 0.2) is 0 Å². The highest BCUT2D eigenvalue weighted by molar-refractivity contribution is 5.79. The molecule has 0 radical (unpaired) electrons. The zero-order valence-corrected chi connectivity index (χ0v) is 17.8. The highest BCUT2D eigenvalue weighted by Crippen LogP contribution is 2.25. The van der Waals surface area contributed by atoms with Crippen LogP contribution in [0, 0.1) is 13.8 Å². The van der Waals surface area contributed by atoms with Gasteiger partial charge in [-0.15, -0.1) is 0 Å². The molecule has 0 unspecified atom stereocenters. The van der Waals surface area contributed by atoms with Crippen LogP contribution in [0.2, 0.25) is 0 Å². The van der Waals surface area contributed by atoms with E-state index < -0.39 is 6.10 Å². The molecule has 0 aliphatic carbocycles. The van der Waals surface area contributed by atoms with Crippen LogP contribution in [0.25, 0.3) is 11.0 Å². The van der Waals surface area contributed by atoms with Crippen LogP contribution in [0.1, 0.15) is 11.1 Å². The Hall–Kier alpha value is -2.87. The standard InChI is InChI=1S/C24H27NO6/c1-16-9-17(2)11-20(10-16)31-23-15-30-22-12-19(3-4-21(22)24(23)27)29-14-18(26)13-25-5-7-28-8-6-25/h3-4,9-12,15,18,26H,5-8,13-14H2,1-2H3/t18-/m0/s1. The SMILES string of the molecule is Cc1cc(C)cc(Oc2coc3cc(OC[C@@H](O)CN4CCOCC4)ccc3c2=O)c1. The first kappa shape index (κ1) is 21.4. The first-order chi connectivity index (χ1) is 15.0. The quantitative estimate of drug-likeness (QED) is 0.622. The van der Waals surface area contributed by atoms with Crippen molar-refractivity contribution in [3.63, 3.8) is 0 Å². The maximum absolute atomic E-state index is 12.8. The Morgan fingerprint density at radius 3 is 2.55 bits per heavy atom. The molecule has 31 heavy (non-hydrogen) atoms. The fourth-order valence-electron chi connectivity index (χ4n) is 3.70. The summed E-state index contributed by atoms with van der Waals surface area (Å²) in [6.07, 6.45) is 0.703. The number of benzene rings is 2. The van der Waals surface area contributed by atoms with Crippen molar-refractivity contribution in [2.24, 2.45) is 0 Å². The monoisotopic (exact) mass is 425 g/mol. The largest absolute Gasteiger partial charge is 0.491 e. The number of aryl methyl sites for hydroxylation is 2. The van der Waals surface area contributed by atoms with E-state index in [1.807, 2.05) is 32.0 Å². The topological polar surface area (TPSA) is 81.4 Å². The van der Waals surface area contributed by atoms with Crippen LogP contribution in [0.4, 0.5) is 0 Å². The summed E-state index contributed by atoms with van der Waals surface area (Å²) < 4.78 is 22.4. The molecule has 1 fully saturated rings. The Bertz CT molecular complexity index is 1080. The van der Waals surface area contributed by atoms with Crippen molar-refractivity contribution in [1.82, 2.24) is 4.90 Å². The van der Waals surface area contributed by atoms with Gasteiger partial charge in [0.2, 0.25) is 11.2 Å². The lowest BCUT2D eigenvalue weighted by atomic mass is 10.1. The molecule has 7 heteroatoms. The number of fused-ring (bicyclic) bond motifs is 1. The maximum Gasteiger partial charge on any atom is 0.235 e. The van der Waals surface area contributed by atoms with Gasteiger partial charge < -0.3 is 23.7 Å². The summed E-state index contributed by atoms with van der Waals surface area (Å²) in [5, 5.41) is 10.6. The number of rotatable bonds is 7. The van der Waals surface area contributed by atoms with Gasteiger partial charge in [-0.2, -0.15) is 0 Å². The molecule has 4 rings (SSSR count). The van der Waals surface area contributed by atoms with Gasteiger partial charge in [-0.3, -0.25) is 9.69 Å². The third-order valence-corrected chi connectivity index (χ3v) is 5.15. The minimum atomic E-state index is -0.616. The van der Waals surface area contributed by atoms with E-state index in [4.69, 9.17) is 18.6 Å². The zero-order valence-electron chi connectivity index (χ0n) is 17.8. The molecule has 1 aliphatic heterocycles. The van der Waals surface area contributed by atoms with E-state index in [2.05, 4.69) is 4.90 Å². The third-order valence-electron chi connectivity index (χ3n) is 5.15. The lowest BCUT2D eigenvalue weighted by Gasteiger charge is -2.28. The van der Waals surface area contributed by atoms with Crippen LogP contribution in [0.3, 0.4) is 0 Å². The van der Waals surface area contributed by atoms with E-state index in [1.165, 1.54) is 6.26 Å². The minimum absolute atomic E-state index is 0.132. The number of aliphatic hydroxyl groups is 1. The molecule has 7 nitrogen and oxygen atoms in total. The summed E-state index contributed by atoms with van der Waals surface area (Å²) in [5.41, 5.74) is 2.26. The van der Waals surface area contributed by atoms with Gasteiger partial charge in [0.05, 0.1) is 18.6 Å². The number of β-amino-alcohol motifs (C(OH)–C–C–N with tert-alkyl or cyclic N) is 1. The Morgan fingerprint density at radius 2 is 1.81 bits per heavy atom. The predicted octanol–water partition coefficient (Wildman–Crippen LogP) is 3.27. The number of aliphatic hydroxyl groups excluding tert-OH is 1. The van der Waals surface area contributed by atoms with E-state index in [-0.39, 0.29) is 17.8 Å². The van der Waals surface area contributed by atoms with Gasteiger partial charge in [-0.25, -0.2) is 0 Å². The van der Waals surface area contributed by atoms with Crippen LogP contribution in [0.5, 0.6) is 17.2 Å². The summed E-state index contributed by atoms with van der Waals surface area (Å²) in [7, 11) is 0. The number of nitrogens with zero attached hydrogens (tertiary/aromatic N) is 1. The van der Waals surface area contributed by atoms with Crippen molar-refractivity contribution < 1.29 is 23.7 Å². The Kier molecular flexibility index (Phi) is 6.56. The zero-order chi connectivity index (χ0) is 21.8. The molecule has 0 saturated carbocycles. The highest BCUT2D eigenvalue weighted by atomic mass is 16.5. The van der Waals surface area contributed by atoms with Gasteiger partial charge >= 0.3 is 0 Å². The first-order valence-electron chi connectivity index (χ1n) is 10.4. The number of morpholine rings is 1. The lowest BCUT2D eigenvalue weighted by Crippen LogP contribution is -2.42. The maximum atomic E-state index is 12.8. The molecule has 0 amide bonds. The van der Waals surface area contributed by atoms with Gasteiger partial charge in [0, 0.05) is 25.7 Å². The number of hydrogen-bond acceptors (Lipinski definition) is 7. The van der Waals surface area contributed by atoms with E-state index in [9.17, 15) is 9.90 Å². The summed E-state index contributed by atoms with van der Waals surface area (Å²) in [5.74, 6) is 1.25. The Balaban J connectivity index is 1.43. The van der Waals surface area contributed by atoms with Crippen molar-refractivity contribution in [3.05, 3.63) is 64.0 Å². The second-order valence-corrected chi connectivity index (χ2v) is 7.89. The van der Waals surface area contributed by atoms with Crippen LogP contribution in [-0.4, -0.2) is 55.6 Å². The van der Waals surface area contributed by atoms with Gasteiger partial charge in [-0.1, -0.05) is 6.07 Å². The van der Waals surface area contributed by atoms with Gasteiger partial charge in [0.25, 0.3) is 0 Å². The molecule has 3 aromatic rings. The minimum Gasteiger partial charge on any atom is -0.491 e. The first-order valence-corrected chi connectivity index (χ1v) is 10.4. The summed E-state index contributed by atoms with van der Waals surface area (Å²) >= 11 is 0. The van der Waals surface area contributed by atoms with Crippen LogP contribution < -0.4 is 14.9 Å². The molecular formula is C24H27NO6. The molecule has 0 bridgehead atoms. The molecule has 1 saturated heterocycles. The molecule has 1 aliphatic rings. The number of hydrogen-bond donors (Lipinski definition) is 1. The summed E-state index contributed by atoms with van der Waals surface area (Å²) in [4.78, 5) is 15.0. The number of ether oxygens (including phenoxy) is 3. The smallest absolute Gasteiger partial charge is 0.235 e. The fourth-order valence-corrected chi connectivity index (χ4v) is 3.70. The van der Waals surface area contributed by atoms with Crippen LogP contribution in [-0.2, 0) is 4.74 Å². The fraction of sp³-hybridized carbons (Fsp3) is 0.375. The average molecular weight is 425 g/mol. The molecule has 0 spiro atoms. The van der Waals surface area contributed by atoms with Crippen molar-refractivity contribution in [2.45, 2.75) is 20.0 Å². The third kappa shape index (κ3) is 5.44. The Labute approximate surface area is 180 Å². The van der Waals surface area contributed by atoms with Crippen molar-refractivity contribution in [1.29, 1.82) is 0 Å². The van der Waals surface area contributed by atoms with Crippen molar-refractivity contribution in [3.8, 4) is 17.2 Å². The second kappa shape index (κ2) is 9.51. The van der Waals surface area contributed by atoms with Gasteiger partial charge in [-0.05, 0) is 49.2 Å². The van der Waals surface area contributed by atoms with Crippen LogP contribution >= 0.6 is 0 Å². The van der Waals surface area contributed by atoms with E-state index in [0.29, 0.717) is 42.2 Å². The summed E-state index contributed by atoms with van der Waals surface area (Å²) in [6, 6.07) is 10.8. The molecule has 1 N–H and O–H groups in total. The molecule has 164 valence electrons. The molecule has 2 heterocycles. The highest BCUT2D eigenvalue weighted by Gasteiger charge is 2.16. The van der Waals surface area contributed by atoms with Gasteiger partial charge in [0.1, 0.15) is 36.1 Å². The van der Waals surface area contributed by atoms with E-state index in [1.54, 1.807) is 18.2 Å². The molecular weight excluding hydrogens is 398 g/mol. The van der Waals surface area contributed by atoms with Crippen LogP contribution in [0.15, 0.2) is 51.9 Å².